The predicted molar refractivity (Wildman–Crippen MR) is 57.7 cm³/mol. The summed E-state index contributed by atoms with van der Waals surface area (Å²) in [5, 5.41) is 2.05. The number of aryl methyl sites for hydroxylation is 1. The maximum Gasteiger partial charge on any atom is 0.331 e. The van der Waals surface area contributed by atoms with Gasteiger partial charge in [-0.15, -0.1) is 0 Å². The van der Waals surface area contributed by atoms with Gasteiger partial charge < -0.3 is 4.42 Å². The molecular weight excluding hydrogens is 224 g/mol. The molecule has 0 radical (unpaired) electrons. The molecule has 0 saturated carbocycles. The Morgan fingerprint density at radius 3 is 2.59 bits per heavy atom. The quantitative estimate of drug-likeness (QED) is 0.572. The molecule has 1 aromatic rings. The number of rotatable bonds is 1. The van der Waals surface area contributed by atoms with Crippen molar-refractivity contribution in [3.8, 4) is 0 Å². The normalized spacial score (nSPS) is 18.8. The van der Waals surface area contributed by atoms with Crippen LogP contribution >= 0.6 is 0 Å². The van der Waals surface area contributed by atoms with Crippen molar-refractivity contribution < 1.29 is 18.8 Å². The summed E-state index contributed by atoms with van der Waals surface area (Å²) in [5.74, 6) is -0.298. The van der Waals surface area contributed by atoms with Gasteiger partial charge in [-0.25, -0.2) is 4.79 Å². The largest absolute Gasteiger partial charge is 0.462 e. The van der Waals surface area contributed by atoms with E-state index < -0.39 is 17.8 Å². The molecule has 0 atom stereocenters. The number of hydrogen-bond acceptors (Lipinski definition) is 4. The van der Waals surface area contributed by atoms with Crippen LogP contribution in [0.5, 0.6) is 0 Å². The highest BCUT2D eigenvalue weighted by atomic mass is 16.3. The van der Waals surface area contributed by atoms with Crippen LogP contribution in [0.2, 0.25) is 0 Å². The van der Waals surface area contributed by atoms with Crippen molar-refractivity contribution in [3.05, 3.63) is 29.2 Å². The molecule has 0 spiro atoms. The standard InChI is InChI=1S/C11H10N2O4/c1-6-3-4-7(17-6)5-8-9(14)12-11(16)13(2)10(8)15/h3-5H,1-2H3,(H,12,14,16)/b8-5-. The van der Waals surface area contributed by atoms with Gasteiger partial charge in [-0.1, -0.05) is 0 Å². The van der Waals surface area contributed by atoms with Crippen LogP contribution in [-0.4, -0.2) is 29.8 Å². The lowest BCUT2D eigenvalue weighted by Crippen LogP contribution is -2.52. The van der Waals surface area contributed by atoms with Gasteiger partial charge in [0, 0.05) is 7.05 Å². The third-order valence-corrected chi connectivity index (χ3v) is 2.35. The van der Waals surface area contributed by atoms with Crippen LogP contribution in [0.15, 0.2) is 22.1 Å². The summed E-state index contributed by atoms with van der Waals surface area (Å²) in [7, 11) is 1.30. The zero-order valence-corrected chi connectivity index (χ0v) is 9.31. The highest BCUT2D eigenvalue weighted by Crippen LogP contribution is 2.15. The first-order valence-corrected chi connectivity index (χ1v) is 4.90. The van der Waals surface area contributed by atoms with Crippen molar-refractivity contribution in [3.63, 3.8) is 0 Å². The molecule has 4 amide bonds. The highest BCUT2D eigenvalue weighted by molar-refractivity contribution is 6.30. The third kappa shape index (κ3) is 1.96. The van der Waals surface area contributed by atoms with Gasteiger partial charge >= 0.3 is 6.03 Å². The van der Waals surface area contributed by atoms with E-state index in [9.17, 15) is 14.4 Å². The van der Waals surface area contributed by atoms with E-state index in [-0.39, 0.29) is 5.57 Å². The fourth-order valence-electron chi connectivity index (χ4n) is 1.42. The number of furan rings is 1. The molecule has 1 fully saturated rings. The van der Waals surface area contributed by atoms with Crippen molar-refractivity contribution in [1.29, 1.82) is 0 Å². The van der Waals surface area contributed by atoms with Gasteiger partial charge in [0.1, 0.15) is 17.1 Å². The van der Waals surface area contributed by atoms with Crippen LogP contribution in [0, 0.1) is 6.92 Å². The van der Waals surface area contributed by atoms with Gasteiger partial charge in [-0.3, -0.25) is 19.8 Å². The lowest BCUT2D eigenvalue weighted by atomic mass is 10.1. The van der Waals surface area contributed by atoms with Crippen molar-refractivity contribution in [1.82, 2.24) is 10.2 Å². The topological polar surface area (TPSA) is 79.6 Å². The summed E-state index contributed by atoms with van der Waals surface area (Å²) in [4.78, 5) is 35.1. The summed E-state index contributed by atoms with van der Waals surface area (Å²) in [6.07, 6.45) is 1.31. The molecule has 6 heteroatoms. The highest BCUT2D eigenvalue weighted by Gasteiger charge is 2.33. The second-order valence-corrected chi connectivity index (χ2v) is 3.63. The number of amides is 4. The molecule has 2 rings (SSSR count). The van der Waals surface area contributed by atoms with E-state index in [2.05, 4.69) is 5.32 Å². The van der Waals surface area contributed by atoms with Gasteiger partial charge in [0.05, 0.1) is 0 Å². The zero-order valence-electron chi connectivity index (χ0n) is 9.31. The third-order valence-electron chi connectivity index (χ3n) is 2.35. The number of carbonyl (C=O) groups excluding carboxylic acids is 3. The first-order chi connectivity index (χ1) is 7.99. The number of hydrogen-bond donors (Lipinski definition) is 1. The Morgan fingerprint density at radius 2 is 2.00 bits per heavy atom. The number of nitrogens with one attached hydrogen (secondary N) is 1. The van der Waals surface area contributed by atoms with Crippen molar-refractivity contribution in [2.24, 2.45) is 0 Å². The van der Waals surface area contributed by atoms with E-state index in [4.69, 9.17) is 4.42 Å². The van der Waals surface area contributed by atoms with Gasteiger partial charge in [-0.05, 0) is 25.1 Å². The Morgan fingerprint density at radius 1 is 1.29 bits per heavy atom. The maximum atomic E-state index is 11.7. The van der Waals surface area contributed by atoms with Crippen LogP contribution in [0.4, 0.5) is 4.79 Å². The molecule has 0 aliphatic carbocycles. The molecule has 1 aliphatic rings. The fourth-order valence-corrected chi connectivity index (χ4v) is 1.42. The predicted octanol–water partition coefficient (Wildman–Crippen LogP) is 0.680. The maximum absolute atomic E-state index is 11.7. The lowest BCUT2D eigenvalue weighted by Gasteiger charge is -2.21. The second kappa shape index (κ2) is 3.89. The monoisotopic (exact) mass is 234 g/mol. The average molecular weight is 234 g/mol. The van der Waals surface area contributed by atoms with Crippen LogP contribution < -0.4 is 5.32 Å². The molecule has 1 N–H and O–H groups in total. The number of nitrogens with zero attached hydrogens (tertiary/aromatic N) is 1. The second-order valence-electron chi connectivity index (χ2n) is 3.63. The Hall–Kier alpha value is -2.37. The first-order valence-electron chi connectivity index (χ1n) is 4.90. The van der Waals surface area contributed by atoms with Crippen molar-refractivity contribution in [2.45, 2.75) is 6.92 Å². The summed E-state index contributed by atoms with van der Waals surface area (Å²) >= 11 is 0. The number of imide groups is 2. The molecule has 17 heavy (non-hydrogen) atoms. The van der Waals surface area contributed by atoms with Crippen LogP contribution in [0.25, 0.3) is 6.08 Å². The smallest absolute Gasteiger partial charge is 0.331 e. The summed E-state index contributed by atoms with van der Waals surface area (Å²) in [6, 6.07) is 2.62. The summed E-state index contributed by atoms with van der Waals surface area (Å²) in [5.41, 5.74) is -0.124. The van der Waals surface area contributed by atoms with E-state index in [1.165, 1.54) is 13.1 Å². The molecule has 88 valence electrons. The van der Waals surface area contributed by atoms with Gasteiger partial charge in [0.15, 0.2) is 0 Å². The molecule has 2 heterocycles. The van der Waals surface area contributed by atoms with Gasteiger partial charge in [0.25, 0.3) is 11.8 Å². The average Bonchev–Trinajstić information content (AvgIpc) is 2.67. The van der Waals surface area contributed by atoms with E-state index >= 15 is 0 Å². The SMILES string of the molecule is Cc1ccc(/C=C2/C(=O)NC(=O)N(C)C2=O)o1. The number of likely N-dealkylation sites (N-methyl/N-ethyl adjacent to an activating group) is 1. The Bertz CT molecular complexity index is 541. The van der Waals surface area contributed by atoms with Crippen LogP contribution in [-0.2, 0) is 9.59 Å². The van der Waals surface area contributed by atoms with E-state index in [0.29, 0.717) is 11.5 Å². The van der Waals surface area contributed by atoms with E-state index in [1.807, 2.05) is 0 Å². The molecule has 1 aliphatic heterocycles. The van der Waals surface area contributed by atoms with E-state index in [1.54, 1.807) is 19.1 Å². The summed E-state index contributed by atoms with van der Waals surface area (Å²) in [6.45, 7) is 1.75. The molecule has 1 aromatic heterocycles. The van der Waals surface area contributed by atoms with Crippen LogP contribution in [0.3, 0.4) is 0 Å². The Labute approximate surface area is 96.9 Å². The lowest BCUT2D eigenvalue weighted by molar-refractivity contribution is -0.129. The molecule has 1 saturated heterocycles. The number of urea groups is 1. The fraction of sp³-hybridized carbons (Fsp3) is 0.182. The molecule has 0 aromatic carbocycles. The van der Waals surface area contributed by atoms with Crippen molar-refractivity contribution in [2.75, 3.05) is 7.05 Å². The summed E-state index contributed by atoms with van der Waals surface area (Å²) < 4.78 is 5.23. The molecule has 6 nitrogen and oxygen atoms in total. The van der Waals surface area contributed by atoms with Crippen molar-refractivity contribution >= 4 is 23.9 Å². The first kappa shape index (κ1) is 11.1. The number of barbiturate groups is 1. The Kier molecular flexibility index (Phi) is 2.55. The van der Waals surface area contributed by atoms with Gasteiger partial charge in [-0.2, -0.15) is 0 Å². The molecular formula is C11H10N2O4. The minimum absolute atomic E-state index is 0.124. The number of carbonyl (C=O) groups is 3. The molecule has 0 unspecified atom stereocenters. The minimum Gasteiger partial charge on any atom is -0.462 e. The molecule has 0 bridgehead atoms. The van der Waals surface area contributed by atoms with E-state index in [0.717, 1.165) is 4.90 Å². The van der Waals surface area contributed by atoms with Crippen LogP contribution in [0.1, 0.15) is 11.5 Å². The zero-order chi connectivity index (χ0) is 12.6. The minimum atomic E-state index is -0.729. The Balaban J connectivity index is 2.37. The van der Waals surface area contributed by atoms with Gasteiger partial charge in [0.2, 0.25) is 0 Å².